The molecule has 5 N–H and O–H groups in total. The van der Waals surface area contributed by atoms with E-state index in [0.29, 0.717) is 50.5 Å². The quantitative estimate of drug-likeness (QED) is 0.297. The molecule has 1 aromatic carbocycles. The van der Waals surface area contributed by atoms with Gasteiger partial charge in [0.05, 0.1) is 41.6 Å². The zero-order chi connectivity index (χ0) is 25.6. The van der Waals surface area contributed by atoms with Crippen LogP contribution in [-0.4, -0.2) is 64.3 Å². The average molecular weight is 526 g/mol. The molecule has 198 valence electrons. The highest BCUT2D eigenvalue weighted by molar-refractivity contribution is 7.09. The summed E-state index contributed by atoms with van der Waals surface area (Å²) in [6, 6.07) is 7.37. The highest BCUT2D eigenvalue weighted by atomic mass is 32.1. The molecule has 3 heterocycles. The summed E-state index contributed by atoms with van der Waals surface area (Å²) in [5.74, 6) is 0.778. The first-order valence-electron chi connectivity index (χ1n) is 13.0. The minimum absolute atomic E-state index is 0.00436. The number of nitrogens with zero attached hydrogens (tertiary/aromatic N) is 2. The van der Waals surface area contributed by atoms with Crippen LogP contribution in [0.5, 0.6) is 11.6 Å². The predicted molar refractivity (Wildman–Crippen MR) is 143 cm³/mol. The maximum absolute atomic E-state index is 14.1. The third-order valence-corrected chi connectivity index (χ3v) is 8.00. The summed E-state index contributed by atoms with van der Waals surface area (Å²) >= 11 is 1.57. The van der Waals surface area contributed by atoms with Crippen molar-refractivity contribution in [1.29, 1.82) is 0 Å². The molecule has 0 bridgehead atoms. The Morgan fingerprint density at radius 3 is 2.92 bits per heavy atom. The summed E-state index contributed by atoms with van der Waals surface area (Å²) in [6.45, 7) is 1.71. The molecule has 1 aliphatic carbocycles. The van der Waals surface area contributed by atoms with Crippen molar-refractivity contribution in [1.82, 2.24) is 14.9 Å². The number of aromatic hydroxyl groups is 1. The van der Waals surface area contributed by atoms with Crippen LogP contribution in [-0.2, 0) is 16.0 Å². The van der Waals surface area contributed by atoms with Crippen molar-refractivity contribution in [3.63, 3.8) is 0 Å². The number of benzene rings is 1. The number of ether oxygens (including phenoxy) is 2. The van der Waals surface area contributed by atoms with Gasteiger partial charge in [0.15, 0.2) is 5.88 Å². The Morgan fingerprint density at radius 1 is 1.22 bits per heavy atom. The number of carbonyl (C=O) groups is 1. The number of fused-ring (bicyclic) bond motifs is 2. The molecule has 5 rings (SSSR count). The lowest BCUT2D eigenvalue weighted by Gasteiger charge is -2.42. The summed E-state index contributed by atoms with van der Waals surface area (Å²) in [6.07, 6.45) is 8.56. The minimum Gasteiger partial charge on any atom is -0.494 e. The van der Waals surface area contributed by atoms with Gasteiger partial charge in [-0.25, -0.2) is 4.98 Å². The molecule has 1 amide bonds. The van der Waals surface area contributed by atoms with Crippen LogP contribution in [0, 0.1) is 0 Å². The van der Waals surface area contributed by atoms with E-state index in [4.69, 9.17) is 15.2 Å². The van der Waals surface area contributed by atoms with Crippen LogP contribution < -0.4 is 15.8 Å². The smallest absolute Gasteiger partial charge is 0.224 e. The summed E-state index contributed by atoms with van der Waals surface area (Å²) < 4.78 is 11.7. The lowest BCUT2D eigenvalue weighted by molar-refractivity contribution is -0.136. The highest BCUT2D eigenvalue weighted by Gasteiger charge is 2.44. The summed E-state index contributed by atoms with van der Waals surface area (Å²) in [5.41, 5.74) is 7.86. The van der Waals surface area contributed by atoms with Gasteiger partial charge in [-0.05, 0) is 18.9 Å². The molecule has 1 fully saturated rings. The van der Waals surface area contributed by atoms with Crippen molar-refractivity contribution < 1.29 is 19.4 Å². The average Bonchev–Trinajstić information content (AvgIpc) is 3.53. The van der Waals surface area contributed by atoms with Gasteiger partial charge in [-0.3, -0.25) is 4.79 Å². The Labute approximate surface area is 221 Å². The van der Waals surface area contributed by atoms with Crippen molar-refractivity contribution in [2.24, 2.45) is 5.73 Å². The van der Waals surface area contributed by atoms with Gasteiger partial charge in [0.2, 0.25) is 5.91 Å². The molecule has 1 aliphatic heterocycles. The van der Waals surface area contributed by atoms with E-state index >= 15 is 0 Å². The van der Waals surface area contributed by atoms with Crippen LogP contribution in [0.2, 0.25) is 0 Å². The number of thiazole rings is 1. The summed E-state index contributed by atoms with van der Waals surface area (Å²) in [4.78, 5) is 23.4. The lowest BCUT2D eigenvalue weighted by Crippen LogP contribution is -2.51. The Hall–Kier alpha value is -3.08. The van der Waals surface area contributed by atoms with Crippen molar-refractivity contribution >= 4 is 22.9 Å². The Kier molecular flexibility index (Phi) is 8.28. The van der Waals surface area contributed by atoms with Gasteiger partial charge in [0, 0.05) is 48.8 Å². The topological polar surface area (TPSA) is 126 Å². The van der Waals surface area contributed by atoms with E-state index in [1.165, 1.54) is 0 Å². The highest BCUT2D eigenvalue weighted by Crippen LogP contribution is 2.47. The maximum Gasteiger partial charge on any atom is 0.224 e. The number of para-hydroxylation sites is 1. The Balaban J connectivity index is 1.53. The van der Waals surface area contributed by atoms with E-state index in [9.17, 15) is 9.90 Å². The second kappa shape index (κ2) is 12.0. The van der Waals surface area contributed by atoms with Crippen LogP contribution in [0.25, 0.3) is 0 Å². The monoisotopic (exact) mass is 525 g/mol. The first-order chi connectivity index (χ1) is 18.2. The van der Waals surface area contributed by atoms with Crippen molar-refractivity contribution in [2.75, 3.05) is 31.7 Å². The van der Waals surface area contributed by atoms with E-state index in [1.54, 1.807) is 23.7 Å². The third-order valence-electron chi connectivity index (χ3n) is 7.16. The first-order valence-corrected chi connectivity index (χ1v) is 13.9. The molecular weight excluding hydrogens is 490 g/mol. The zero-order valence-electron chi connectivity index (χ0n) is 20.9. The molecule has 1 saturated carbocycles. The number of H-pyrrole nitrogens is 1. The number of hydrogen-bond acceptors (Lipinski definition) is 8. The van der Waals surface area contributed by atoms with Gasteiger partial charge in [-0.1, -0.05) is 31.0 Å². The van der Waals surface area contributed by atoms with E-state index in [2.05, 4.69) is 15.3 Å². The van der Waals surface area contributed by atoms with Crippen LogP contribution >= 0.6 is 11.3 Å². The van der Waals surface area contributed by atoms with Crippen molar-refractivity contribution in [3.8, 4) is 11.6 Å². The van der Waals surface area contributed by atoms with Crippen LogP contribution in [0.3, 0.4) is 0 Å². The molecule has 9 nitrogen and oxygen atoms in total. The molecule has 0 spiro atoms. The Morgan fingerprint density at radius 2 is 2.08 bits per heavy atom. The van der Waals surface area contributed by atoms with Gasteiger partial charge >= 0.3 is 0 Å². The fourth-order valence-electron chi connectivity index (χ4n) is 5.55. The maximum atomic E-state index is 14.1. The number of rotatable bonds is 10. The lowest BCUT2D eigenvalue weighted by atomic mass is 9.87. The minimum atomic E-state index is -0.508. The van der Waals surface area contributed by atoms with Crippen LogP contribution in [0.15, 0.2) is 42.0 Å². The second-order valence-corrected chi connectivity index (χ2v) is 10.5. The number of nitrogens with one attached hydrogen (secondary N) is 2. The Bertz CT molecular complexity index is 1170. The molecule has 37 heavy (non-hydrogen) atoms. The van der Waals surface area contributed by atoms with Crippen molar-refractivity contribution in [3.05, 3.63) is 58.2 Å². The molecular formula is C27H35N5O4S. The zero-order valence-corrected chi connectivity index (χ0v) is 21.7. The number of aromatic amines is 1. The number of anilines is 1. The SMILES string of the molecule is NCCOCCOc1ccccc1[C@@H]1c2c(c[nH]c2O)N[C@@H]2CCCC[C@H]2N1C(=O)CCc1nccs1. The molecule has 0 saturated heterocycles. The number of aryl methyl sites for hydroxylation is 1. The summed E-state index contributed by atoms with van der Waals surface area (Å²) in [5, 5.41) is 17.6. The number of carbonyl (C=O) groups excluding carboxylic acids is 1. The predicted octanol–water partition coefficient (Wildman–Crippen LogP) is 3.82. The fraction of sp³-hybridized carbons (Fsp3) is 0.481. The van der Waals surface area contributed by atoms with Crippen LogP contribution in [0.1, 0.15) is 54.3 Å². The molecule has 2 aliphatic rings. The van der Waals surface area contributed by atoms with Gasteiger partial charge in [-0.2, -0.15) is 0 Å². The van der Waals surface area contributed by atoms with Crippen molar-refractivity contribution in [2.45, 2.75) is 56.7 Å². The number of amides is 1. The molecule has 3 aromatic rings. The number of hydrogen-bond donors (Lipinski definition) is 4. The third kappa shape index (κ3) is 5.61. The first kappa shape index (κ1) is 25.6. The molecule has 10 heteroatoms. The largest absolute Gasteiger partial charge is 0.494 e. The van der Waals surface area contributed by atoms with E-state index in [0.717, 1.165) is 41.9 Å². The van der Waals surface area contributed by atoms with E-state index in [-0.39, 0.29) is 23.9 Å². The fourth-order valence-corrected chi connectivity index (χ4v) is 6.17. The molecule has 0 radical (unpaired) electrons. The van der Waals surface area contributed by atoms with Gasteiger partial charge < -0.3 is 35.5 Å². The van der Waals surface area contributed by atoms with Gasteiger partial charge in [0.25, 0.3) is 0 Å². The summed E-state index contributed by atoms with van der Waals surface area (Å²) in [7, 11) is 0. The van der Waals surface area contributed by atoms with Crippen LogP contribution in [0.4, 0.5) is 5.69 Å². The van der Waals surface area contributed by atoms with Gasteiger partial charge in [0.1, 0.15) is 12.4 Å². The molecule has 3 atom stereocenters. The van der Waals surface area contributed by atoms with E-state index in [1.807, 2.05) is 34.5 Å². The van der Waals surface area contributed by atoms with Gasteiger partial charge in [-0.15, -0.1) is 11.3 Å². The number of aromatic nitrogens is 2. The standard InChI is InChI=1S/C27H35N5O4S/c28-11-13-35-14-15-36-22-8-4-1-5-18(22)26-25-20(17-30-27(25)34)31-19-6-2-3-7-21(19)32(26)24(33)10-9-23-29-12-16-37-23/h1,4-5,8,12,16-17,19,21,26,30-31,34H,2-3,6-7,9-11,13-15,28H2/t19-,21-,26-/m1/s1. The van der Waals surface area contributed by atoms with E-state index < -0.39 is 6.04 Å². The second-order valence-electron chi connectivity index (χ2n) is 9.48. The normalized spacial score (nSPS) is 21.0. The number of nitrogens with two attached hydrogens (primary N) is 1. The molecule has 0 unspecified atom stereocenters. The molecule has 2 aromatic heterocycles.